The third-order valence-corrected chi connectivity index (χ3v) is 3.89. The lowest BCUT2D eigenvalue weighted by Gasteiger charge is -2.28. The van der Waals surface area contributed by atoms with Gasteiger partial charge in [0.15, 0.2) is 0 Å². The van der Waals surface area contributed by atoms with Crippen LogP contribution in [0.15, 0.2) is 18.3 Å². The molecule has 1 amide bonds. The summed E-state index contributed by atoms with van der Waals surface area (Å²) in [6.45, 7) is 7.42. The number of hydrogen-bond acceptors (Lipinski definition) is 5. The molecular formula is C16H27ClN4O2. The van der Waals surface area contributed by atoms with Crippen LogP contribution in [-0.4, -0.2) is 42.7 Å². The van der Waals surface area contributed by atoms with Gasteiger partial charge in [-0.1, -0.05) is 13.3 Å². The molecule has 2 rings (SSSR count). The fraction of sp³-hybridized carbons (Fsp3) is 0.625. The van der Waals surface area contributed by atoms with Crippen molar-refractivity contribution in [1.29, 1.82) is 0 Å². The lowest BCUT2D eigenvalue weighted by molar-refractivity contribution is -0.126. The Morgan fingerprint density at radius 1 is 1.48 bits per heavy atom. The molecule has 0 aromatic carbocycles. The van der Waals surface area contributed by atoms with Gasteiger partial charge in [-0.2, -0.15) is 0 Å². The van der Waals surface area contributed by atoms with Crippen molar-refractivity contribution in [1.82, 2.24) is 10.3 Å². The number of pyridine rings is 1. The molecule has 2 heterocycles. The molecule has 7 heteroatoms. The number of aromatic nitrogens is 1. The van der Waals surface area contributed by atoms with E-state index in [1.165, 1.54) is 0 Å². The van der Waals surface area contributed by atoms with E-state index >= 15 is 0 Å². The van der Waals surface area contributed by atoms with Crippen molar-refractivity contribution in [3.05, 3.63) is 23.9 Å². The van der Waals surface area contributed by atoms with Crippen molar-refractivity contribution < 1.29 is 9.53 Å². The van der Waals surface area contributed by atoms with Crippen molar-refractivity contribution in [2.45, 2.75) is 38.8 Å². The number of rotatable bonds is 6. The second-order valence-electron chi connectivity index (χ2n) is 5.97. The molecule has 1 saturated heterocycles. The number of amides is 1. The summed E-state index contributed by atoms with van der Waals surface area (Å²) in [5, 5.41) is 2.92. The zero-order valence-corrected chi connectivity index (χ0v) is 14.7. The van der Waals surface area contributed by atoms with Gasteiger partial charge in [0, 0.05) is 25.8 Å². The first-order chi connectivity index (χ1) is 10.5. The number of morpholine rings is 1. The van der Waals surface area contributed by atoms with Gasteiger partial charge in [0.2, 0.25) is 5.91 Å². The third kappa shape index (κ3) is 5.64. The van der Waals surface area contributed by atoms with Gasteiger partial charge in [-0.25, -0.2) is 4.98 Å². The van der Waals surface area contributed by atoms with Crippen molar-refractivity contribution in [3.63, 3.8) is 0 Å². The quantitative estimate of drug-likeness (QED) is 0.818. The topological polar surface area (TPSA) is 80.5 Å². The Hall–Kier alpha value is -1.37. The number of nitrogens with zero attached hydrogens (tertiary/aromatic N) is 2. The molecule has 1 aromatic rings. The van der Waals surface area contributed by atoms with E-state index in [0.29, 0.717) is 13.0 Å². The van der Waals surface area contributed by atoms with Crippen LogP contribution in [0.1, 0.15) is 32.3 Å². The van der Waals surface area contributed by atoms with Crippen LogP contribution in [0.3, 0.4) is 0 Å². The lowest BCUT2D eigenvalue weighted by atomic mass is 9.96. The fourth-order valence-corrected chi connectivity index (χ4v) is 2.55. The van der Waals surface area contributed by atoms with Crippen LogP contribution in [0.2, 0.25) is 0 Å². The molecule has 1 fully saturated rings. The van der Waals surface area contributed by atoms with Crippen molar-refractivity contribution in [2.75, 3.05) is 31.2 Å². The zero-order chi connectivity index (χ0) is 16.0. The molecule has 1 aliphatic rings. The molecule has 130 valence electrons. The van der Waals surface area contributed by atoms with E-state index < -0.39 is 5.54 Å². The maximum atomic E-state index is 12.1. The summed E-state index contributed by atoms with van der Waals surface area (Å²) in [4.78, 5) is 18.7. The summed E-state index contributed by atoms with van der Waals surface area (Å²) in [6, 6.07) is 3.93. The highest BCUT2D eigenvalue weighted by molar-refractivity contribution is 5.85. The van der Waals surface area contributed by atoms with Gasteiger partial charge in [0.1, 0.15) is 5.82 Å². The minimum atomic E-state index is -0.811. The molecule has 0 saturated carbocycles. The molecular weight excluding hydrogens is 316 g/mol. The summed E-state index contributed by atoms with van der Waals surface area (Å²) in [5.41, 5.74) is 6.25. The van der Waals surface area contributed by atoms with E-state index in [1.807, 2.05) is 19.1 Å². The molecule has 23 heavy (non-hydrogen) atoms. The van der Waals surface area contributed by atoms with Gasteiger partial charge in [-0.3, -0.25) is 4.79 Å². The molecule has 1 atom stereocenters. The molecule has 1 aromatic heterocycles. The smallest absolute Gasteiger partial charge is 0.240 e. The van der Waals surface area contributed by atoms with Crippen LogP contribution in [0.5, 0.6) is 0 Å². The third-order valence-electron chi connectivity index (χ3n) is 3.89. The van der Waals surface area contributed by atoms with E-state index in [2.05, 4.69) is 15.2 Å². The van der Waals surface area contributed by atoms with Crippen molar-refractivity contribution >= 4 is 24.1 Å². The Morgan fingerprint density at radius 3 is 2.83 bits per heavy atom. The molecule has 0 spiro atoms. The summed E-state index contributed by atoms with van der Waals surface area (Å²) >= 11 is 0. The summed E-state index contributed by atoms with van der Waals surface area (Å²) < 4.78 is 5.35. The first kappa shape index (κ1) is 19.7. The van der Waals surface area contributed by atoms with Crippen LogP contribution < -0.4 is 16.0 Å². The van der Waals surface area contributed by atoms with Crippen LogP contribution in [0.25, 0.3) is 0 Å². The van der Waals surface area contributed by atoms with E-state index in [0.717, 1.165) is 44.1 Å². The number of halogens is 1. The molecule has 1 aliphatic heterocycles. The molecule has 0 bridgehead atoms. The van der Waals surface area contributed by atoms with E-state index in [9.17, 15) is 4.79 Å². The second-order valence-corrected chi connectivity index (χ2v) is 5.97. The monoisotopic (exact) mass is 342 g/mol. The van der Waals surface area contributed by atoms with E-state index in [1.54, 1.807) is 13.1 Å². The van der Waals surface area contributed by atoms with Crippen LogP contribution in [0, 0.1) is 0 Å². The number of nitrogens with one attached hydrogen (secondary N) is 1. The highest BCUT2D eigenvalue weighted by Gasteiger charge is 2.26. The highest BCUT2D eigenvalue weighted by atomic mass is 35.5. The Bertz CT molecular complexity index is 505. The predicted octanol–water partition coefficient (Wildman–Crippen LogP) is 1.47. The minimum absolute atomic E-state index is 0. The van der Waals surface area contributed by atoms with E-state index in [4.69, 9.17) is 10.5 Å². The van der Waals surface area contributed by atoms with Gasteiger partial charge < -0.3 is 20.7 Å². The Labute approximate surface area is 144 Å². The van der Waals surface area contributed by atoms with Crippen LogP contribution >= 0.6 is 12.4 Å². The average molecular weight is 343 g/mol. The van der Waals surface area contributed by atoms with Gasteiger partial charge >= 0.3 is 0 Å². The highest BCUT2D eigenvalue weighted by Crippen LogP contribution is 2.15. The molecule has 6 nitrogen and oxygen atoms in total. The molecule has 0 aliphatic carbocycles. The minimum Gasteiger partial charge on any atom is -0.378 e. The zero-order valence-electron chi connectivity index (χ0n) is 13.9. The molecule has 0 radical (unpaired) electrons. The number of anilines is 1. The van der Waals surface area contributed by atoms with Gasteiger partial charge in [0.25, 0.3) is 0 Å². The van der Waals surface area contributed by atoms with Gasteiger partial charge in [0.05, 0.1) is 18.8 Å². The Morgan fingerprint density at radius 2 is 2.17 bits per heavy atom. The standard InChI is InChI=1S/C16H26N4O2.ClH/c1-3-5-16(2,17)15(21)19-12-13-4-6-18-14(11-13)20-7-9-22-10-8-20;/h4,6,11H,3,5,7-10,12,17H2,1-2H3,(H,19,21);1H. The predicted molar refractivity (Wildman–Crippen MR) is 93.9 cm³/mol. The normalized spacial score (nSPS) is 17.1. The SMILES string of the molecule is CCCC(C)(N)C(=O)NCc1ccnc(N2CCOCC2)c1.Cl. The molecule has 3 N–H and O–H groups in total. The first-order valence-electron chi connectivity index (χ1n) is 7.88. The Balaban J connectivity index is 0.00000264. The molecule has 1 unspecified atom stereocenters. The summed E-state index contributed by atoms with van der Waals surface area (Å²) in [5.74, 6) is 0.818. The number of carbonyl (C=O) groups is 1. The van der Waals surface area contributed by atoms with Crippen molar-refractivity contribution in [2.24, 2.45) is 5.73 Å². The first-order valence-corrected chi connectivity index (χ1v) is 7.88. The van der Waals surface area contributed by atoms with E-state index in [-0.39, 0.29) is 18.3 Å². The average Bonchev–Trinajstić information content (AvgIpc) is 2.53. The fourth-order valence-electron chi connectivity index (χ4n) is 2.55. The van der Waals surface area contributed by atoms with Gasteiger partial charge in [-0.05, 0) is 31.0 Å². The maximum Gasteiger partial charge on any atom is 0.240 e. The second kappa shape index (κ2) is 9.05. The maximum absolute atomic E-state index is 12.1. The lowest BCUT2D eigenvalue weighted by Crippen LogP contribution is -2.51. The van der Waals surface area contributed by atoms with Crippen molar-refractivity contribution in [3.8, 4) is 0 Å². The number of ether oxygens (including phenoxy) is 1. The van der Waals surface area contributed by atoms with Crippen LogP contribution in [-0.2, 0) is 16.1 Å². The van der Waals surface area contributed by atoms with Gasteiger partial charge in [-0.15, -0.1) is 12.4 Å². The summed E-state index contributed by atoms with van der Waals surface area (Å²) in [6.07, 6.45) is 3.34. The number of nitrogens with two attached hydrogens (primary N) is 1. The summed E-state index contributed by atoms with van der Waals surface area (Å²) in [7, 11) is 0. The number of hydrogen-bond donors (Lipinski definition) is 2. The largest absolute Gasteiger partial charge is 0.378 e. The Kier molecular flexibility index (Phi) is 7.75. The van der Waals surface area contributed by atoms with Crippen LogP contribution in [0.4, 0.5) is 5.82 Å². The number of carbonyl (C=O) groups excluding carboxylic acids is 1.